The van der Waals surface area contributed by atoms with Crippen LogP contribution in [0, 0.1) is 0 Å². The number of ether oxygens (including phenoxy) is 1. The number of halogens is 1. The lowest BCUT2D eigenvalue weighted by Crippen LogP contribution is -2.44. The van der Waals surface area contributed by atoms with Crippen LogP contribution in [0.1, 0.15) is 5.56 Å². The average molecular weight is 319 g/mol. The number of hydrogen-bond acceptors (Lipinski definition) is 5. The molecule has 0 aliphatic carbocycles. The molecule has 116 valence electrons. The fourth-order valence-corrected chi connectivity index (χ4v) is 2.63. The first-order valence-corrected chi connectivity index (χ1v) is 7.85. The van der Waals surface area contributed by atoms with E-state index < -0.39 is 0 Å². The standard InChI is InChI=1S/C16H19ClN4O/c17-14-4-2-1-3-13(14)6-12-22-15-5-7-19-16(20-15)21-10-8-18-9-11-21/h1-5,7,18H,6,8-12H2. The van der Waals surface area contributed by atoms with Gasteiger partial charge >= 0.3 is 0 Å². The number of benzene rings is 1. The summed E-state index contributed by atoms with van der Waals surface area (Å²) in [6.07, 6.45) is 2.50. The maximum atomic E-state index is 6.14. The summed E-state index contributed by atoms with van der Waals surface area (Å²) in [5.74, 6) is 1.34. The molecule has 0 spiro atoms. The zero-order valence-electron chi connectivity index (χ0n) is 12.3. The van der Waals surface area contributed by atoms with E-state index in [-0.39, 0.29) is 0 Å². The van der Waals surface area contributed by atoms with Crippen LogP contribution in [0.4, 0.5) is 5.95 Å². The number of aromatic nitrogens is 2. The summed E-state index contributed by atoms with van der Waals surface area (Å²) < 4.78 is 5.74. The van der Waals surface area contributed by atoms with Crippen molar-refractivity contribution >= 4 is 17.5 Å². The van der Waals surface area contributed by atoms with E-state index in [4.69, 9.17) is 16.3 Å². The van der Waals surface area contributed by atoms with Crippen LogP contribution < -0.4 is 15.0 Å². The number of hydrogen-bond donors (Lipinski definition) is 1. The van der Waals surface area contributed by atoms with Gasteiger partial charge in [0.05, 0.1) is 6.61 Å². The maximum absolute atomic E-state index is 6.14. The number of nitrogens with zero attached hydrogens (tertiary/aromatic N) is 3. The molecule has 3 rings (SSSR count). The Hall–Kier alpha value is -1.85. The Balaban J connectivity index is 1.57. The molecule has 0 bridgehead atoms. The van der Waals surface area contributed by atoms with Crippen LogP contribution in [0.2, 0.25) is 5.02 Å². The van der Waals surface area contributed by atoms with Crippen LogP contribution in [0.5, 0.6) is 5.88 Å². The van der Waals surface area contributed by atoms with Crippen molar-refractivity contribution in [2.75, 3.05) is 37.7 Å². The summed E-state index contributed by atoms with van der Waals surface area (Å²) in [7, 11) is 0. The van der Waals surface area contributed by atoms with E-state index in [0.29, 0.717) is 12.5 Å². The van der Waals surface area contributed by atoms with Gasteiger partial charge in [-0.3, -0.25) is 0 Å². The second-order valence-corrected chi connectivity index (χ2v) is 5.53. The molecule has 0 amide bonds. The van der Waals surface area contributed by atoms with Crippen molar-refractivity contribution in [2.45, 2.75) is 6.42 Å². The quantitative estimate of drug-likeness (QED) is 0.915. The molecular weight excluding hydrogens is 300 g/mol. The maximum Gasteiger partial charge on any atom is 0.228 e. The van der Waals surface area contributed by atoms with Crippen molar-refractivity contribution in [1.82, 2.24) is 15.3 Å². The molecule has 1 saturated heterocycles. The fraction of sp³-hybridized carbons (Fsp3) is 0.375. The molecular formula is C16H19ClN4O. The topological polar surface area (TPSA) is 50.3 Å². The van der Waals surface area contributed by atoms with Gasteiger partial charge < -0.3 is 15.0 Å². The summed E-state index contributed by atoms with van der Waals surface area (Å²) in [6, 6.07) is 9.60. The molecule has 5 nitrogen and oxygen atoms in total. The molecule has 1 aliphatic rings. The lowest BCUT2D eigenvalue weighted by Gasteiger charge is -2.27. The van der Waals surface area contributed by atoms with E-state index in [1.54, 1.807) is 12.3 Å². The third-order valence-electron chi connectivity index (χ3n) is 3.60. The van der Waals surface area contributed by atoms with Crippen LogP contribution in [-0.2, 0) is 6.42 Å². The molecule has 1 aromatic carbocycles. The lowest BCUT2D eigenvalue weighted by molar-refractivity contribution is 0.309. The largest absolute Gasteiger partial charge is 0.477 e. The second-order valence-electron chi connectivity index (χ2n) is 5.12. The van der Waals surface area contributed by atoms with Crippen molar-refractivity contribution in [1.29, 1.82) is 0 Å². The minimum absolute atomic E-state index is 0.543. The number of piperazine rings is 1. The minimum Gasteiger partial charge on any atom is -0.477 e. The minimum atomic E-state index is 0.543. The van der Waals surface area contributed by atoms with Gasteiger partial charge in [-0.2, -0.15) is 4.98 Å². The Morgan fingerprint density at radius 3 is 2.82 bits per heavy atom. The van der Waals surface area contributed by atoms with E-state index in [9.17, 15) is 0 Å². The molecule has 0 radical (unpaired) electrons. The Labute approximate surface area is 135 Å². The van der Waals surface area contributed by atoms with Crippen LogP contribution in [-0.4, -0.2) is 42.8 Å². The van der Waals surface area contributed by atoms with Crippen LogP contribution in [0.3, 0.4) is 0 Å². The van der Waals surface area contributed by atoms with Crippen molar-refractivity contribution in [2.24, 2.45) is 0 Å². The molecule has 2 heterocycles. The average Bonchev–Trinajstić information content (AvgIpc) is 2.58. The van der Waals surface area contributed by atoms with E-state index in [0.717, 1.165) is 49.1 Å². The summed E-state index contributed by atoms with van der Waals surface area (Å²) in [6.45, 7) is 4.30. The van der Waals surface area contributed by atoms with Gasteiger partial charge in [0.1, 0.15) is 0 Å². The normalized spacial score (nSPS) is 14.9. The first kappa shape index (κ1) is 15.1. The SMILES string of the molecule is Clc1ccccc1CCOc1ccnc(N2CCNCC2)n1. The monoisotopic (exact) mass is 318 g/mol. The van der Waals surface area contributed by atoms with Crippen molar-refractivity contribution in [3.05, 3.63) is 47.1 Å². The number of rotatable bonds is 5. The van der Waals surface area contributed by atoms with Crippen molar-refractivity contribution < 1.29 is 4.74 Å². The summed E-state index contributed by atoms with van der Waals surface area (Å²) in [5.41, 5.74) is 1.08. The molecule has 1 aliphatic heterocycles. The van der Waals surface area contributed by atoms with E-state index in [2.05, 4.69) is 20.2 Å². The summed E-state index contributed by atoms with van der Waals surface area (Å²) in [5, 5.41) is 4.09. The van der Waals surface area contributed by atoms with Gasteiger partial charge in [0.15, 0.2) is 0 Å². The summed E-state index contributed by atoms with van der Waals surface area (Å²) in [4.78, 5) is 11.0. The number of anilines is 1. The predicted molar refractivity (Wildman–Crippen MR) is 87.8 cm³/mol. The highest BCUT2D eigenvalue weighted by Crippen LogP contribution is 2.17. The Kier molecular flexibility index (Phi) is 5.08. The molecule has 1 aromatic heterocycles. The molecule has 6 heteroatoms. The van der Waals surface area contributed by atoms with E-state index in [1.165, 1.54) is 0 Å². The van der Waals surface area contributed by atoms with Gasteiger partial charge in [0.25, 0.3) is 0 Å². The summed E-state index contributed by atoms with van der Waals surface area (Å²) >= 11 is 6.14. The van der Waals surface area contributed by atoms with Gasteiger partial charge in [0, 0.05) is 49.9 Å². The predicted octanol–water partition coefficient (Wildman–Crippen LogP) is 2.16. The molecule has 1 fully saturated rings. The molecule has 0 atom stereocenters. The highest BCUT2D eigenvalue weighted by molar-refractivity contribution is 6.31. The Morgan fingerprint density at radius 1 is 1.18 bits per heavy atom. The zero-order valence-corrected chi connectivity index (χ0v) is 13.1. The molecule has 0 unspecified atom stereocenters. The van der Waals surface area contributed by atoms with Gasteiger partial charge in [-0.25, -0.2) is 4.98 Å². The Morgan fingerprint density at radius 2 is 2.00 bits per heavy atom. The van der Waals surface area contributed by atoms with E-state index in [1.807, 2.05) is 24.3 Å². The van der Waals surface area contributed by atoms with Crippen molar-refractivity contribution in [3.8, 4) is 5.88 Å². The molecule has 0 saturated carbocycles. The van der Waals surface area contributed by atoms with Crippen LogP contribution >= 0.6 is 11.6 Å². The Bertz CT molecular complexity index is 617. The zero-order chi connectivity index (χ0) is 15.2. The third kappa shape index (κ3) is 3.87. The molecule has 1 N–H and O–H groups in total. The first-order valence-electron chi connectivity index (χ1n) is 7.48. The van der Waals surface area contributed by atoms with Crippen molar-refractivity contribution in [3.63, 3.8) is 0 Å². The fourth-order valence-electron chi connectivity index (χ4n) is 2.40. The smallest absolute Gasteiger partial charge is 0.228 e. The number of nitrogens with one attached hydrogen (secondary N) is 1. The van der Waals surface area contributed by atoms with Gasteiger partial charge in [-0.05, 0) is 11.6 Å². The van der Waals surface area contributed by atoms with Crippen LogP contribution in [0.25, 0.3) is 0 Å². The van der Waals surface area contributed by atoms with Gasteiger partial charge in [0.2, 0.25) is 11.8 Å². The van der Waals surface area contributed by atoms with Gasteiger partial charge in [-0.1, -0.05) is 29.8 Å². The second kappa shape index (κ2) is 7.42. The molecule has 2 aromatic rings. The van der Waals surface area contributed by atoms with Crippen LogP contribution in [0.15, 0.2) is 36.5 Å². The van der Waals surface area contributed by atoms with Gasteiger partial charge in [-0.15, -0.1) is 0 Å². The van der Waals surface area contributed by atoms with E-state index >= 15 is 0 Å². The lowest BCUT2D eigenvalue weighted by atomic mass is 10.2. The molecule has 22 heavy (non-hydrogen) atoms. The first-order chi connectivity index (χ1) is 10.8. The highest BCUT2D eigenvalue weighted by atomic mass is 35.5. The highest BCUT2D eigenvalue weighted by Gasteiger charge is 2.13. The third-order valence-corrected chi connectivity index (χ3v) is 3.97.